The Kier molecular flexibility index (Phi) is 6.62. The van der Waals surface area contributed by atoms with Gasteiger partial charge in [0.2, 0.25) is 0 Å². The first kappa shape index (κ1) is 25.1. The number of hydrogen-bond acceptors (Lipinski definition) is 6. The van der Waals surface area contributed by atoms with Gasteiger partial charge in [-0.3, -0.25) is 9.97 Å². The van der Waals surface area contributed by atoms with E-state index in [1.54, 1.807) is 11.4 Å². The Morgan fingerprint density at radius 2 is 1.86 bits per heavy atom. The third-order valence-corrected chi connectivity index (χ3v) is 6.88. The number of halogens is 5. The molecule has 0 aliphatic heterocycles. The highest BCUT2D eigenvalue weighted by atomic mass is 35.5. The van der Waals surface area contributed by atoms with E-state index in [0.29, 0.717) is 22.6 Å². The van der Waals surface area contributed by atoms with E-state index in [-0.39, 0.29) is 27.3 Å². The number of hydrogen-bond donors (Lipinski definition) is 3. The Labute approximate surface area is 210 Å². The van der Waals surface area contributed by atoms with Crippen molar-refractivity contribution in [2.75, 3.05) is 0 Å². The summed E-state index contributed by atoms with van der Waals surface area (Å²) < 4.78 is 40.6. The number of pyridine rings is 3. The molecule has 0 bridgehead atoms. The zero-order valence-corrected chi connectivity index (χ0v) is 20.0. The predicted molar refractivity (Wildman–Crippen MR) is 126 cm³/mol. The molecule has 4 heterocycles. The summed E-state index contributed by atoms with van der Waals surface area (Å²) in [4.78, 5) is 24.2. The molecule has 0 aliphatic carbocycles. The summed E-state index contributed by atoms with van der Waals surface area (Å²) in [7, 11) is 0. The fourth-order valence-electron chi connectivity index (χ4n) is 3.47. The maximum atomic E-state index is 13.4. The Morgan fingerprint density at radius 1 is 1.14 bits per heavy atom. The maximum Gasteiger partial charge on any atom is 0.421 e. The zero-order chi connectivity index (χ0) is 25.5. The van der Waals surface area contributed by atoms with Gasteiger partial charge in [-0.15, -0.1) is 11.3 Å². The molecule has 7 nitrogen and oxygen atoms in total. The van der Waals surface area contributed by atoms with Crippen LogP contribution in [0.1, 0.15) is 29.8 Å². The Morgan fingerprint density at radius 3 is 2.54 bits per heavy atom. The van der Waals surface area contributed by atoms with Gasteiger partial charge in [0.05, 0.1) is 21.1 Å². The molecule has 35 heavy (non-hydrogen) atoms. The fraction of sp³-hybridized carbons (Fsp3) is 0.182. The summed E-state index contributed by atoms with van der Waals surface area (Å²) in [5.74, 6) is 0. The minimum absolute atomic E-state index is 0.104. The van der Waals surface area contributed by atoms with E-state index in [0.717, 1.165) is 18.3 Å². The molecule has 1 amide bonds. The van der Waals surface area contributed by atoms with E-state index < -0.39 is 29.5 Å². The van der Waals surface area contributed by atoms with Crippen molar-refractivity contribution in [3.63, 3.8) is 0 Å². The molecule has 0 radical (unpaired) electrons. The number of nitrogens with zero attached hydrogens (tertiary/aromatic N) is 3. The second-order valence-electron chi connectivity index (χ2n) is 7.61. The van der Waals surface area contributed by atoms with Crippen molar-refractivity contribution in [1.82, 2.24) is 20.3 Å². The molecular formula is C22H15Cl2F3N4O3S. The first-order valence-electron chi connectivity index (χ1n) is 9.83. The fourth-order valence-corrected chi connectivity index (χ4v) is 4.92. The van der Waals surface area contributed by atoms with E-state index in [4.69, 9.17) is 23.2 Å². The zero-order valence-electron chi connectivity index (χ0n) is 17.6. The number of aliphatic hydroxyl groups is 1. The Balaban J connectivity index is 1.87. The SMILES string of the molecule is CC(O)(c1ccnc(-c2nccc3c(C(NC(=O)O)c4nc(Cl)ccc4Cl)csc23)c1)C(F)(F)F. The molecule has 3 N–H and O–H groups in total. The van der Waals surface area contributed by atoms with Gasteiger partial charge in [0.15, 0.2) is 5.60 Å². The molecule has 0 aliphatic rings. The molecule has 2 unspecified atom stereocenters. The summed E-state index contributed by atoms with van der Waals surface area (Å²) in [6.07, 6.45) is -3.65. The van der Waals surface area contributed by atoms with Crippen LogP contribution in [0.25, 0.3) is 21.5 Å². The number of nitrogens with one attached hydrogen (secondary N) is 1. The quantitative estimate of drug-likeness (QED) is 0.259. The van der Waals surface area contributed by atoms with Gasteiger partial charge in [-0.2, -0.15) is 13.2 Å². The second kappa shape index (κ2) is 9.23. The van der Waals surface area contributed by atoms with Crippen molar-refractivity contribution in [3.8, 4) is 11.4 Å². The Bertz CT molecular complexity index is 1430. The predicted octanol–water partition coefficient (Wildman–Crippen LogP) is 6.19. The molecular weight excluding hydrogens is 528 g/mol. The number of carboxylic acid groups (broad SMARTS) is 1. The van der Waals surface area contributed by atoms with Crippen molar-refractivity contribution in [1.29, 1.82) is 0 Å². The van der Waals surface area contributed by atoms with Gasteiger partial charge in [0, 0.05) is 17.8 Å². The average molecular weight is 543 g/mol. The lowest BCUT2D eigenvalue weighted by atomic mass is 9.95. The van der Waals surface area contributed by atoms with E-state index >= 15 is 0 Å². The lowest BCUT2D eigenvalue weighted by Crippen LogP contribution is -2.39. The molecule has 0 saturated heterocycles. The van der Waals surface area contributed by atoms with E-state index in [2.05, 4.69) is 20.3 Å². The molecule has 13 heteroatoms. The molecule has 0 aromatic carbocycles. The molecule has 2 atom stereocenters. The smallest absolute Gasteiger partial charge is 0.421 e. The lowest BCUT2D eigenvalue weighted by Gasteiger charge is -2.26. The van der Waals surface area contributed by atoms with Gasteiger partial charge in [-0.1, -0.05) is 23.2 Å². The van der Waals surface area contributed by atoms with Crippen LogP contribution >= 0.6 is 34.5 Å². The standard InChI is InChI=1S/C22H15Cl2F3N4O3S/c1-21(34,22(25,26)27)10-4-6-28-14(8-10)18-19-11(5-7-29-18)12(9-35-19)16(31-20(32)33)17-13(23)2-3-15(24)30-17/h2-9,16,31,34H,1H3,(H,32,33). The maximum absolute atomic E-state index is 13.4. The van der Waals surface area contributed by atoms with E-state index in [9.17, 15) is 28.2 Å². The van der Waals surface area contributed by atoms with Gasteiger partial charge in [-0.05, 0) is 53.8 Å². The summed E-state index contributed by atoms with van der Waals surface area (Å²) in [6, 6.07) is 5.80. The largest absolute Gasteiger partial charge is 0.465 e. The van der Waals surface area contributed by atoms with Crippen LogP contribution in [0.2, 0.25) is 10.2 Å². The van der Waals surface area contributed by atoms with Crippen LogP contribution in [0.4, 0.5) is 18.0 Å². The van der Waals surface area contributed by atoms with Crippen molar-refractivity contribution in [2.45, 2.75) is 24.7 Å². The van der Waals surface area contributed by atoms with Crippen LogP contribution in [0.3, 0.4) is 0 Å². The van der Waals surface area contributed by atoms with Crippen LogP contribution in [-0.4, -0.2) is 37.4 Å². The van der Waals surface area contributed by atoms with Crippen LogP contribution in [0.5, 0.6) is 0 Å². The van der Waals surface area contributed by atoms with Gasteiger partial charge in [0.1, 0.15) is 16.9 Å². The number of amides is 1. The van der Waals surface area contributed by atoms with Gasteiger partial charge in [0.25, 0.3) is 0 Å². The van der Waals surface area contributed by atoms with Crippen molar-refractivity contribution in [2.24, 2.45) is 0 Å². The van der Waals surface area contributed by atoms with Gasteiger partial charge >= 0.3 is 12.3 Å². The van der Waals surface area contributed by atoms with E-state index in [1.165, 1.54) is 29.7 Å². The van der Waals surface area contributed by atoms with Crippen molar-refractivity contribution < 1.29 is 28.2 Å². The lowest BCUT2D eigenvalue weighted by molar-refractivity contribution is -0.258. The number of fused-ring (bicyclic) bond motifs is 1. The summed E-state index contributed by atoms with van der Waals surface area (Å²) in [6.45, 7) is 0.660. The number of alkyl halides is 3. The van der Waals surface area contributed by atoms with Gasteiger partial charge in [-0.25, -0.2) is 9.78 Å². The molecule has 4 rings (SSSR count). The summed E-state index contributed by atoms with van der Waals surface area (Å²) in [5.41, 5.74) is -2.45. The first-order valence-corrected chi connectivity index (χ1v) is 11.5. The molecule has 0 spiro atoms. The third-order valence-electron chi connectivity index (χ3n) is 5.33. The van der Waals surface area contributed by atoms with Crippen molar-refractivity contribution >= 4 is 50.7 Å². The van der Waals surface area contributed by atoms with Crippen LogP contribution in [0, 0.1) is 0 Å². The highest BCUT2D eigenvalue weighted by Gasteiger charge is 2.51. The number of rotatable bonds is 5. The van der Waals surface area contributed by atoms with Crippen LogP contribution in [0.15, 0.2) is 48.1 Å². The minimum atomic E-state index is -4.90. The number of aromatic nitrogens is 3. The van der Waals surface area contributed by atoms with Crippen molar-refractivity contribution in [3.05, 3.63) is 75.1 Å². The second-order valence-corrected chi connectivity index (χ2v) is 9.28. The third kappa shape index (κ3) is 4.76. The molecule has 0 fully saturated rings. The highest BCUT2D eigenvalue weighted by Crippen LogP contribution is 2.41. The molecule has 4 aromatic heterocycles. The molecule has 4 aromatic rings. The number of thiophene rings is 1. The Hall–Kier alpha value is -2.99. The first-order chi connectivity index (χ1) is 16.4. The average Bonchev–Trinajstić information content (AvgIpc) is 3.22. The topological polar surface area (TPSA) is 108 Å². The van der Waals surface area contributed by atoms with E-state index in [1.807, 2.05) is 0 Å². The van der Waals surface area contributed by atoms with Crippen LogP contribution < -0.4 is 5.32 Å². The normalized spacial score (nSPS) is 14.5. The monoisotopic (exact) mass is 542 g/mol. The minimum Gasteiger partial charge on any atom is -0.465 e. The summed E-state index contributed by atoms with van der Waals surface area (Å²) >= 11 is 13.5. The van der Waals surface area contributed by atoms with Gasteiger partial charge < -0.3 is 15.5 Å². The number of carbonyl (C=O) groups is 1. The molecule has 182 valence electrons. The summed E-state index contributed by atoms with van der Waals surface area (Å²) in [5, 5.41) is 24.4. The highest BCUT2D eigenvalue weighted by molar-refractivity contribution is 7.18. The molecule has 0 saturated carbocycles. The van der Waals surface area contributed by atoms with Crippen LogP contribution in [-0.2, 0) is 5.60 Å².